The molecule has 0 aliphatic heterocycles. The van der Waals surface area contributed by atoms with Gasteiger partial charge in [0, 0.05) is 39.1 Å². The van der Waals surface area contributed by atoms with Gasteiger partial charge in [0.05, 0.1) is 5.75 Å². The number of guanidine groups is 1. The molecule has 1 rings (SSSR count). The molecule has 1 fully saturated rings. The Morgan fingerprint density at radius 1 is 1.21 bits per heavy atom. The summed E-state index contributed by atoms with van der Waals surface area (Å²) in [6.45, 7) is 7.86. The molecule has 0 atom stereocenters. The number of rotatable bonds is 11. The number of nitrogens with zero attached hydrogens (tertiary/aromatic N) is 1. The molecule has 1 aliphatic rings. The fraction of sp³-hybridized carbons (Fsp3) is 0.941. The van der Waals surface area contributed by atoms with Crippen molar-refractivity contribution in [2.24, 2.45) is 10.4 Å². The van der Waals surface area contributed by atoms with Crippen LogP contribution in [0.1, 0.15) is 52.4 Å². The minimum Gasteiger partial charge on any atom is -0.382 e. The van der Waals surface area contributed by atoms with Crippen LogP contribution < -0.4 is 10.6 Å². The van der Waals surface area contributed by atoms with Crippen molar-refractivity contribution >= 4 is 15.8 Å². The summed E-state index contributed by atoms with van der Waals surface area (Å²) in [6.07, 6.45) is 7.93. The third kappa shape index (κ3) is 8.87. The van der Waals surface area contributed by atoms with Crippen molar-refractivity contribution in [1.29, 1.82) is 0 Å². The number of hydrogen-bond donors (Lipinski definition) is 2. The molecule has 1 saturated carbocycles. The van der Waals surface area contributed by atoms with Crippen molar-refractivity contribution in [3.8, 4) is 0 Å². The molecule has 0 unspecified atom stereocenters. The minimum absolute atomic E-state index is 0.206. The number of sulfone groups is 1. The van der Waals surface area contributed by atoms with Crippen molar-refractivity contribution in [3.63, 3.8) is 0 Å². The van der Waals surface area contributed by atoms with E-state index < -0.39 is 9.84 Å². The lowest BCUT2D eigenvalue weighted by Gasteiger charge is -2.27. The Balaban J connectivity index is 2.52. The van der Waals surface area contributed by atoms with E-state index >= 15 is 0 Å². The van der Waals surface area contributed by atoms with Gasteiger partial charge < -0.3 is 15.4 Å². The summed E-state index contributed by atoms with van der Waals surface area (Å²) in [5.74, 6) is 0.992. The zero-order valence-electron chi connectivity index (χ0n) is 15.6. The lowest BCUT2D eigenvalue weighted by molar-refractivity contribution is 0.107. The third-order valence-corrected chi connectivity index (χ3v) is 5.58. The van der Waals surface area contributed by atoms with E-state index in [0.29, 0.717) is 13.0 Å². The summed E-state index contributed by atoms with van der Waals surface area (Å²) in [4.78, 5) is 4.77. The number of nitrogens with one attached hydrogen (secondary N) is 2. The highest BCUT2D eigenvalue weighted by Gasteiger charge is 2.33. The predicted molar refractivity (Wildman–Crippen MR) is 100 cm³/mol. The predicted octanol–water partition coefficient (Wildman–Crippen LogP) is 1.96. The van der Waals surface area contributed by atoms with Crippen LogP contribution in [-0.4, -0.2) is 59.2 Å². The molecule has 0 spiro atoms. The summed E-state index contributed by atoms with van der Waals surface area (Å²) < 4.78 is 27.9. The Hall–Kier alpha value is -0.820. The van der Waals surface area contributed by atoms with Gasteiger partial charge in [-0.05, 0) is 44.9 Å². The van der Waals surface area contributed by atoms with Gasteiger partial charge in [-0.15, -0.1) is 0 Å². The maximum Gasteiger partial charge on any atom is 0.191 e. The summed E-state index contributed by atoms with van der Waals surface area (Å²) >= 11 is 0. The highest BCUT2D eigenvalue weighted by molar-refractivity contribution is 7.90. The Labute approximate surface area is 147 Å². The van der Waals surface area contributed by atoms with Crippen molar-refractivity contribution in [3.05, 3.63) is 0 Å². The number of aliphatic imine (C=N–C) groups is 1. The average molecular weight is 362 g/mol. The molecule has 0 heterocycles. The van der Waals surface area contributed by atoms with E-state index in [1.54, 1.807) is 0 Å². The molecular weight excluding hydrogens is 326 g/mol. The topological polar surface area (TPSA) is 79.8 Å². The van der Waals surface area contributed by atoms with Crippen LogP contribution in [0.15, 0.2) is 4.99 Å². The van der Waals surface area contributed by atoms with E-state index in [-0.39, 0.29) is 11.2 Å². The van der Waals surface area contributed by atoms with Crippen LogP contribution in [0.4, 0.5) is 0 Å². The molecule has 2 N–H and O–H groups in total. The minimum atomic E-state index is -2.90. The van der Waals surface area contributed by atoms with Gasteiger partial charge in [-0.3, -0.25) is 4.99 Å². The van der Waals surface area contributed by atoms with Crippen LogP contribution in [0, 0.1) is 5.41 Å². The molecule has 0 aromatic carbocycles. The molecule has 0 amide bonds. The zero-order valence-corrected chi connectivity index (χ0v) is 16.4. The lowest BCUT2D eigenvalue weighted by Crippen LogP contribution is -2.39. The molecule has 0 aromatic rings. The Bertz CT molecular complexity index is 471. The lowest BCUT2D eigenvalue weighted by atomic mass is 9.83. The molecular formula is C17H35N3O3S. The molecule has 6 nitrogen and oxygen atoms in total. The molecule has 0 radical (unpaired) electrons. The standard InChI is InChI=1S/C17H35N3O3S/c1-4-18-16(19-12-8-14-24(3,21)22)20-15-17(9-6-7-10-17)11-13-23-5-2/h4-15H2,1-3H3,(H2,18,19,20). The Morgan fingerprint density at radius 3 is 2.50 bits per heavy atom. The molecule has 7 heteroatoms. The number of hydrogen-bond acceptors (Lipinski definition) is 4. The quantitative estimate of drug-likeness (QED) is 0.334. The molecule has 0 aromatic heterocycles. The van der Waals surface area contributed by atoms with Crippen LogP contribution in [0.3, 0.4) is 0 Å². The Morgan fingerprint density at radius 2 is 1.92 bits per heavy atom. The van der Waals surface area contributed by atoms with Crippen LogP contribution in [0.2, 0.25) is 0 Å². The molecule has 1 aliphatic carbocycles. The van der Waals surface area contributed by atoms with Gasteiger partial charge in [-0.1, -0.05) is 12.8 Å². The first-order valence-electron chi connectivity index (χ1n) is 9.18. The zero-order chi connectivity index (χ0) is 17.9. The fourth-order valence-electron chi connectivity index (χ4n) is 3.17. The van der Waals surface area contributed by atoms with Crippen molar-refractivity contribution in [1.82, 2.24) is 10.6 Å². The first-order valence-corrected chi connectivity index (χ1v) is 11.2. The summed E-state index contributed by atoms with van der Waals surface area (Å²) in [7, 11) is -2.90. The second kappa shape index (κ2) is 10.9. The van der Waals surface area contributed by atoms with Gasteiger partial charge in [-0.25, -0.2) is 8.42 Å². The van der Waals surface area contributed by atoms with E-state index in [0.717, 1.165) is 38.7 Å². The SMILES string of the molecule is CCNC(=NCC1(CCOCC)CCCC1)NCCCS(C)(=O)=O. The summed E-state index contributed by atoms with van der Waals surface area (Å²) in [5.41, 5.74) is 0.268. The highest BCUT2D eigenvalue weighted by Crippen LogP contribution is 2.41. The van der Waals surface area contributed by atoms with Crippen LogP contribution >= 0.6 is 0 Å². The first-order chi connectivity index (χ1) is 11.4. The van der Waals surface area contributed by atoms with Crippen molar-refractivity contribution in [2.75, 3.05) is 44.9 Å². The summed E-state index contributed by atoms with van der Waals surface area (Å²) in [6, 6.07) is 0. The average Bonchev–Trinajstić information content (AvgIpc) is 2.97. The summed E-state index contributed by atoms with van der Waals surface area (Å²) in [5, 5.41) is 6.49. The smallest absolute Gasteiger partial charge is 0.191 e. The van der Waals surface area contributed by atoms with Crippen molar-refractivity contribution < 1.29 is 13.2 Å². The molecule has 142 valence electrons. The molecule has 24 heavy (non-hydrogen) atoms. The van der Waals surface area contributed by atoms with Crippen LogP contribution in [-0.2, 0) is 14.6 Å². The second-order valence-electron chi connectivity index (χ2n) is 6.76. The van der Waals surface area contributed by atoms with E-state index in [2.05, 4.69) is 10.6 Å². The Kier molecular flexibility index (Phi) is 9.66. The van der Waals surface area contributed by atoms with E-state index in [9.17, 15) is 8.42 Å². The number of ether oxygens (including phenoxy) is 1. The van der Waals surface area contributed by atoms with Crippen LogP contribution in [0.25, 0.3) is 0 Å². The van der Waals surface area contributed by atoms with Gasteiger partial charge in [-0.2, -0.15) is 0 Å². The maximum atomic E-state index is 11.2. The van der Waals surface area contributed by atoms with Gasteiger partial charge in [0.25, 0.3) is 0 Å². The maximum absolute atomic E-state index is 11.2. The van der Waals surface area contributed by atoms with Crippen LogP contribution in [0.5, 0.6) is 0 Å². The fourth-order valence-corrected chi connectivity index (χ4v) is 3.84. The monoisotopic (exact) mass is 361 g/mol. The largest absolute Gasteiger partial charge is 0.382 e. The van der Waals surface area contributed by atoms with Crippen molar-refractivity contribution in [2.45, 2.75) is 52.4 Å². The molecule has 0 bridgehead atoms. The normalized spacial score (nSPS) is 17.9. The third-order valence-electron chi connectivity index (χ3n) is 4.55. The van der Waals surface area contributed by atoms with Gasteiger partial charge >= 0.3 is 0 Å². The van der Waals surface area contributed by atoms with Gasteiger partial charge in [0.1, 0.15) is 9.84 Å². The van der Waals surface area contributed by atoms with E-state index in [1.807, 2.05) is 13.8 Å². The van der Waals surface area contributed by atoms with Gasteiger partial charge in [0.15, 0.2) is 5.96 Å². The van der Waals surface area contributed by atoms with Gasteiger partial charge in [0.2, 0.25) is 0 Å². The first kappa shape index (κ1) is 21.2. The van der Waals surface area contributed by atoms with E-state index in [4.69, 9.17) is 9.73 Å². The second-order valence-corrected chi connectivity index (χ2v) is 9.02. The van der Waals surface area contributed by atoms with E-state index in [1.165, 1.54) is 31.9 Å². The molecule has 0 saturated heterocycles. The highest BCUT2D eigenvalue weighted by atomic mass is 32.2.